The molecule has 1 aliphatic rings. The minimum atomic E-state index is -0.205. The molecule has 0 saturated heterocycles. The Kier molecular flexibility index (Phi) is 4.47. The molecule has 1 aliphatic carbocycles. The molecule has 0 heterocycles. The molecule has 0 unspecified atom stereocenters. The Morgan fingerprint density at radius 2 is 1.90 bits per heavy atom. The lowest BCUT2D eigenvalue weighted by atomic mass is 9.73. The Balaban J connectivity index is 2.56. The maximum atomic E-state index is 12.7. The predicted octanol–water partition coefficient (Wildman–Crippen LogP) is 5.07. The summed E-state index contributed by atoms with van der Waals surface area (Å²) in [6.45, 7) is 8.58. The van der Waals surface area contributed by atoms with Gasteiger partial charge in [0.2, 0.25) is 0 Å². The summed E-state index contributed by atoms with van der Waals surface area (Å²) in [6.07, 6.45) is 6.89. The number of ketones is 1. The normalized spacial score (nSPS) is 17.4. The molecule has 1 nitrogen and oxygen atoms in total. The Labute approximate surface area is 123 Å². The molecule has 1 aromatic carbocycles. The highest BCUT2D eigenvalue weighted by molar-refractivity contribution is 5.97. The minimum absolute atomic E-state index is 0.205. The van der Waals surface area contributed by atoms with Crippen LogP contribution in [0.4, 0.5) is 0 Å². The third-order valence-electron chi connectivity index (χ3n) is 4.75. The molecule has 20 heavy (non-hydrogen) atoms. The minimum Gasteiger partial charge on any atom is -0.298 e. The first-order valence-electron chi connectivity index (χ1n) is 7.89. The van der Waals surface area contributed by atoms with Crippen LogP contribution in [-0.4, -0.2) is 5.78 Å². The van der Waals surface area contributed by atoms with E-state index < -0.39 is 0 Å². The number of fused-ring (bicyclic) bond motifs is 1. The average molecular weight is 270 g/mol. The smallest absolute Gasteiger partial charge is 0.147 e. The van der Waals surface area contributed by atoms with Gasteiger partial charge in [0, 0.05) is 6.42 Å². The largest absolute Gasteiger partial charge is 0.298 e. The zero-order valence-electron chi connectivity index (χ0n) is 13.3. The number of carbonyl (C=O) groups excluding carboxylic acids is 1. The fourth-order valence-electron chi connectivity index (χ4n) is 3.61. The molecular formula is C19H26O. The molecule has 0 radical (unpaired) electrons. The first kappa shape index (κ1) is 15.0. The van der Waals surface area contributed by atoms with Crippen LogP contribution in [0.3, 0.4) is 0 Å². The third-order valence-corrected chi connectivity index (χ3v) is 4.75. The second-order valence-corrected chi connectivity index (χ2v) is 6.03. The lowest BCUT2D eigenvalue weighted by Crippen LogP contribution is -2.31. The Morgan fingerprint density at radius 3 is 2.45 bits per heavy atom. The van der Waals surface area contributed by atoms with Crippen LogP contribution >= 0.6 is 0 Å². The highest BCUT2D eigenvalue weighted by Gasteiger charge is 2.44. The van der Waals surface area contributed by atoms with Gasteiger partial charge in [0.25, 0.3) is 0 Å². The van der Waals surface area contributed by atoms with Crippen LogP contribution in [0.25, 0.3) is 5.57 Å². The van der Waals surface area contributed by atoms with Gasteiger partial charge in [-0.15, -0.1) is 0 Å². The quantitative estimate of drug-likeness (QED) is 0.729. The van der Waals surface area contributed by atoms with Crippen molar-refractivity contribution in [1.29, 1.82) is 0 Å². The SMILES string of the molecule is C/C=C(\C)c1ccc2c(c1)C(CCC)(CCC)C(=O)C2. The summed E-state index contributed by atoms with van der Waals surface area (Å²) < 4.78 is 0. The maximum Gasteiger partial charge on any atom is 0.147 e. The van der Waals surface area contributed by atoms with E-state index in [9.17, 15) is 4.79 Å². The van der Waals surface area contributed by atoms with Crippen molar-refractivity contribution in [2.24, 2.45) is 0 Å². The summed E-state index contributed by atoms with van der Waals surface area (Å²) in [4.78, 5) is 12.7. The van der Waals surface area contributed by atoms with E-state index in [1.165, 1.54) is 22.3 Å². The molecule has 0 fully saturated rings. The molecule has 0 bridgehead atoms. The van der Waals surface area contributed by atoms with Crippen LogP contribution in [0.1, 0.15) is 70.1 Å². The highest BCUT2D eigenvalue weighted by Crippen LogP contribution is 2.44. The average Bonchev–Trinajstić information content (AvgIpc) is 2.71. The van der Waals surface area contributed by atoms with Crippen molar-refractivity contribution in [2.75, 3.05) is 0 Å². The highest BCUT2D eigenvalue weighted by atomic mass is 16.1. The van der Waals surface area contributed by atoms with Gasteiger partial charge in [0.1, 0.15) is 5.78 Å². The van der Waals surface area contributed by atoms with Gasteiger partial charge in [-0.2, -0.15) is 0 Å². The summed E-state index contributed by atoms with van der Waals surface area (Å²) in [5.41, 5.74) is 4.91. The second kappa shape index (κ2) is 5.95. The van der Waals surface area contributed by atoms with Crippen molar-refractivity contribution in [1.82, 2.24) is 0 Å². The van der Waals surface area contributed by atoms with Crippen LogP contribution in [-0.2, 0) is 16.6 Å². The van der Waals surface area contributed by atoms with Crippen LogP contribution in [0.15, 0.2) is 24.3 Å². The molecule has 0 spiro atoms. The summed E-state index contributed by atoms with van der Waals surface area (Å²) >= 11 is 0. The standard InChI is InChI=1S/C19H26O/c1-5-10-19(11-6-2)17-12-15(14(4)7-3)8-9-16(17)13-18(19)20/h7-9,12H,5-6,10-11,13H2,1-4H3/b14-7+. The van der Waals surface area contributed by atoms with Crippen molar-refractivity contribution in [3.8, 4) is 0 Å². The number of carbonyl (C=O) groups is 1. The summed E-state index contributed by atoms with van der Waals surface area (Å²) in [6, 6.07) is 6.61. The molecule has 0 aliphatic heterocycles. The maximum absolute atomic E-state index is 12.7. The van der Waals surface area contributed by atoms with Crippen LogP contribution < -0.4 is 0 Å². The fraction of sp³-hybridized carbons (Fsp3) is 0.526. The Bertz CT molecular complexity index is 531. The zero-order valence-corrected chi connectivity index (χ0v) is 13.3. The number of hydrogen-bond acceptors (Lipinski definition) is 1. The fourth-order valence-corrected chi connectivity index (χ4v) is 3.61. The van der Waals surface area contributed by atoms with Gasteiger partial charge in [-0.25, -0.2) is 0 Å². The molecule has 0 amide bonds. The molecule has 0 saturated carbocycles. The van der Waals surface area contributed by atoms with Crippen molar-refractivity contribution in [3.63, 3.8) is 0 Å². The molecule has 1 heteroatoms. The molecule has 0 N–H and O–H groups in total. The van der Waals surface area contributed by atoms with Gasteiger partial charge in [0.05, 0.1) is 5.41 Å². The Hall–Kier alpha value is -1.37. The van der Waals surface area contributed by atoms with E-state index in [1.807, 2.05) is 0 Å². The van der Waals surface area contributed by atoms with Crippen LogP contribution in [0.5, 0.6) is 0 Å². The monoisotopic (exact) mass is 270 g/mol. The number of Topliss-reactive ketones (excluding diaryl/α,β-unsaturated/α-hetero) is 1. The van der Waals surface area contributed by atoms with Gasteiger partial charge >= 0.3 is 0 Å². The first-order valence-corrected chi connectivity index (χ1v) is 7.89. The zero-order chi connectivity index (χ0) is 14.8. The van der Waals surface area contributed by atoms with E-state index in [0.717, 1.165) is 25.7 Å². The van der Waals surface area contributed by atoms with Gasteiger partial charge in [0.15, 0.2) is 0 Å². The lowest BCUT2D eigenvalue weighted by molar-refractivity contribution is -0.123. The van der Waals surface area contributed by atoms with Crippen molar-refractivity contribution >= 4 is 11.4 Å². The van der Waals surface area contributed by atoms with E-state index >= 15 is 0 Å². The van der Waals surface area contributed by atoms with E-state index in [1.54, 1.807) is 0 Å². The number of hydrogen-bond donors (Lipinski definition) is 0. The Morgan fingerprint density at radius 1 is 1.25 bits per heavy atom. The molecule has 108 valence electrons. The molecular weight excluding hydrogens is 244 g/mol. The van der Waals surface area contributed by atoms with Crippen LogP contribution in [0.2, 0.25) is 0 Å². The van der Waals surface area contributed by atoms with E-state index in [-0.39, 0.29) is 5.41 Å². The lowest BCUT2D eigenvalue weighted by Gasteiger charge is -2.28. The molecule has 2 rings (SSSR count). The predicted molar refractivity (Wildman–Crippen MR) is 86.0 cm³/mol. The van der Waals surface area contributed by atoms with Crippen molar-refractivity contribution in [3.05, 3.63) is 41.0 Å². The first-order chi connectivity index (χ1) is 9.58. The second-order valence-electron chi connectivity index (χ2n) is 6.03. The third kappa shape index (κ3) is 2.34. The molecule has 0 aromatic heterocycles. The molecule has 1 aromatic rings. The summed E-state index contributed by atoms with van der Waals surface area (Å²) in [5, 5.41) is 0. The van der Waals surface area contributed by atoms with Gasteiger partial charge in [-0.3, -0.25) is 4.79 Å². The number of rotatable bonds is 5. The number of benzene rings is 1. The van der Waals surface area contributed by atoms with Gasteiger partial charge in [-0.05, 0) is 49.0 Å². The summed E-state index contributed by atoms with van der Waals surface area (Å²) in [5.74, 6) is 0.437. The summed E-state index contributed by atoms with van der Waals surface area (Å²) in [7, 11) is 0. The van der Waals surface area contributed by atoms with Crippen molar-refractivity contribution < 1.29 is 4.79 Å². The van der Waals surface area contributed by atoms with E-state index in [4.69, 9.17) is 0 Å². The topological polar surface area (TPSA) is 17.1 Å². The number of allylic oxidation sites excluding steroid dienone is 2. The van der Waals surface area contributed by atoms with Gasteiger partial charge < -0.3 is 0 Å². The van der Waals surface area contributed by atoms with E-state index in [0.29, 0.717) is 12.2 Å². The van der Waals surface area contributed by atoms with E-state index in [2.05, 4.69) is 52.0 Å². The van der Waals surface area contributed by atoms with Crippen molar-refractivity contribution in [2.45, 2.75) is 65.2 Å². The molecule has 0 atom stereocenters. The van der Waals surface area contributed by atoms with Gasteiger partial charge in [-0.1, -0.05) is 51.0 Å². The van der Waals surface area contributed by atoms with Crippen LogP contribution in [0, 0.1) is 0 Å².